The summed E-state index contributed by atoms with van der Waals surface area (Å²) in [6.07, 6.45) is 0.304. The smallest absolute Gasteiger partial charge is 0.225 e. The molecule has 2 rings (SSSR count). The van der Waals surface area contributed by atoms with Crippen LogP contribution in [0.2, 0.25) is 0 Å². The van der Waals surface area contributed by atoms with Gasteiger partial charge in [-0.05, 0) is 6.92 Å². The zero-order chi connectivity index (χ0) is 14.7. The Morgan fingerprint density at radius 2 is 2.35 bits per heavy atom. The molecule has 0 spiro atoms. The van der Waals surface area contributed by atoms with Crippen LogP contribution in [-0.2, 0) is 27.5 Å². The maximum Gasteiger partial charge on any atom is 0.225 e. The van der Waals surface area contributed by atoms with Crippen molar-refractivity contribution in [3.05, 3.63) is 15.6 Å². The van der Waals surface area contributed by atoms with E-state index >= 15 is 0 Å². The molecule has 2 amide bonds. The molecular formula is C13H19N3O3S. The predicted molar refractivity (Wildman–Crippen MR) is 75.2 cm³/mol. The summed E-state index contributed by atoms with van der Waals surface area (Å²) < 4.78 is 5.04. The second kappa shape index (κ2) is 6.32. The zero-order valence-corrected chi connectivity index (χ0v) is 12.7. The van der Waals surface area contributed by atoms with Crippen molar-refractivity contribution in [1.29, 1.82) is 0 Å². The van der Waals surface area contributed by atoms with Crippen LogP contribution in [0.3, 0.4) is 0 Å². The van der Waals surface area contributed by atoms with Gasteiger partial charge >= 0.3 is 0 Å². The van der Waals surface area contributed by atoms with Gasteiger partial charge in [-0.15, -0.1) is 11.3 Å². The minimum atomic E-state index is -0.237. The minimum Gasteiger partial charge on any atom is -0.378 e. The Balaban J connectivity index is 1.89. The molecule has 1 aromatic heterocycles. The zero-order valence-electron chi connectivity index (χ0n) is 11.9. The van der Waals surface area contributed by atoms with Crippen LogP contribution in [0, 0.1) is 12.8 Å². The van der Waals surface area contributed by atoms with Crippen LogP contribution in [-0.4, -0.2) is 42.4 Å². The lowest BCUT2D eigenvalue weighted by atomic mass is 10.1. The third kappa shape index (κ3) is 3.34. The standard InChI is InChI=1S/C13H19N3O3S/c1-8-10(20-11(15-8)7-19-3)5-14-13(18)9-4-12(17)16(2)6-9/h9H,4-7H2,1-3H3,(H,14,18). The number of likely N-dealkylation sites (tertiary alicyclic amines) is 1. The van der Waals surface area contributed by atoms with Gasteiger partial charge in [-0.25, -0.2) is 4.98 Å². The van der Waals surface area contributed by atoms with Crippen LogP contribution in [0.15, 0.2) is 0 Å². The van der Waals surface area contributed by atoms with E-state index in [1.165, 1.54) is 0 Å². The molecule has 0 aliphatic carbocycles. The molecule has 0 radical (unpaired) electrons. The first-order chi connectivity index (χ1) is 9.51. The van der Waals surface area contributed by atoms with Crippen molar-refractivity contribution < 1.29 is 14.3 Å². The number of thiazole rings is 1. The number of ether oxygens (including phenoxy) is 1. The number of nitrogens with zero attached hydrogens (tertiary/aromatic N) is 2. The van der Waals surface area contributed by atoms with Gasteiger partial charge in [0.25, 0.3) is 0 Å². The van der Waals surface area contributed by atoms with E-state index < -0.39 is 0 Å². The van der Waals surface area contributed by atoms with Crippen LogP contribution in [0.25, 0.3) is 0 Å². The summed E-state index contributed by atoms with van der Waals surface area (Å²) in [4.78, 5) is 30.4. The molecule has 1 aromatic rings. The number of aromatic nitrogens is 1. The molecule has 0 saturated carbocycles. The number of aryl methyl sites for hydroxylation is 1. The van der Waals surface area contributed by atoms with Crippen molar-refractivity contribution in [2.45, 2.75) is 26.5 Å². The Morgan fingerprint density at radius 1 is 1.60 bits per heavy atom. The van der Waals surface area contributed by atoms with E-state index in [2.05, 4.69) is 10.3 Å². The average Bonchev–Trinajstić information content (AvgIpc) is 2.91. The fraction of sp³-hybridized carbons (Fsp3) is 0.615. The van der Waals surface area contributed by atoms with E-state index in [0.717, 1.165) is 15.6 Å². The van der Waals surface area contributed by atoms with Crippen molar-refractivity contribution in [2.75, 3.05) is 20.7 Å². The summed E-state index contributed by atoms with van der Waals surface area (Å²) in [5.74, 6) is -0.274. The van der Waals surface area contributed by atoms with Gasteiger partial charge in [-0.1, -0.05) is 0 Å². The Labute approximate surface area is 122 Å². The van der Waals surface area contributed by atoms with Crippen molar-refractivity contribution >= 4 is 23.2 Å². The maximum atomic E-state index is 12.0. The molecule has 1 aliphatic heterocycles. The molecule has 1 aliphatic rings. The molecule has 1 fully saturated rings. The number of methoxy groups -OCH3 is 1. The van der Waals surface area contributed by atoms with Gasteiger partial charge in [-0.3, -0.25) is 9.59 Å². The number of hydrogen-bond donors (Lipinski definition) is 1. The first kappa shape index (κ1) is 14.9. The fourth-order valence-electron chi connectivity index (χ4n) is 2.19. The number of hydrogen-bond acceptors (Lipinski definition) is 5. The molecular weight excluding hydrogens is 278 g/mol. The normalized spacial score (nSPS) is 18.6. The number of carbonyl (C=O) groups is 2. The highest BCUT2D eigenvalue weighted by molar-refractivity contribution is 7.11. The molecule has 1 atom stereocenters. The molecule has 1 unspecified atom stereocenters. The first-order valence-corrected chi connectivity index (χ1v) is 7.28. The Bertz CT molecular complexity index is 515. The lowest BCUT2D eigenvalue weighted by Gasteiger charge is -2.10. The molecule has 20 heavy (non-hydrogen) atoms. The summed E-state index contributed by atoms with van der Waals surface area (Å²) in [6, 6.07) is 0. The van der Waals surface area contributed by atoms with Crippen molar-refractivity contribution in [2.24, 2.45) is 5.92 Å². The highest BCUT2D eigenvalue weighted by Crippen LogP contribution is 2.20. The molecule has 6 nitrogen and oxygen atoms in total. The van der Waals surface area contributed by atoms with Crippen LogP contribution >= 0.6 is 11.3 Å². The molecule has 1 N–H and O–H groups in total. The van der Waals surface area contributed by atoms with Gasteiger partial charge in [0.2, 0.25) is 11.8 Å². The summed E-state index contributed by atoms with van der Waals surface area (Å²) in [5.41, 5.74) is 0.918. The molecule has 0 bridgehead atoms. The lowest BCUT2D eigenvalue weighted by Crippen LogP contribution is -2.31. The minimum absolute atomic E-state index is 0.0292. The van der Waals surface area contributed by atoms with Crippen molar-refractivity contribution in [3.8, 4) is 0 Å². The van der Waals surface area contributed by atoms with Gasteiger partial charge in [0.05, 0.1) is 24.8 Å². The molecule has 110 valence electrons. The molecule has 7 heteroatoms. The highest BCUT2D eigenvalue weighted by Gasteiger charge is 2.31. The number of carbonyl (C=O) groups excluding carboxylic acids is 2. The Hall–Kier alpha value is -1.47. The van der Waals surface area contributed by atoms with Crippen molar-refractivity contribution in [3.63, 3.8) is 0 Å². The summed E-state index contributed by atoms with van der Waals surface area (Å²) in [5, 5.41) is 3.80. The van der Waals surface area contributed by atoms with Crippen LogP contribution < -0.4 is 5.32 Å². The molecule has 1 saturated heterocycles. The SMILES string of the molecule is COCc1nc(C)c(CNC(=O)C2CC(=O)N(C)C2)s1. The Kier molecular flexibility index (Phi) is 4.72. The van der Waals surface area contributed by atoms with E-state index in [1.807, 2.05) is 6.92 Å². The van der Waals surface area contributed by atoms with E-state index in [1.54, 1.807) is 30.4 Å². The summed E-state index contributed by atoms with van der Waals surface area (Å²) in [6.45, 7) is 3.37. The van der Waals surface area contributed by atoms with E-state index in [0.29, 0.717) is 26.1 Å². The summed E-state index contributed by atoms with van der Waals surface area (Å²) in [7, 11) is 3.35. The maximum absolute atomic E-state index is 12.0. The van der Waals surface area contributed by atoms with Gasteiger partial charge in [0.1, 0.15) is 5.01 Å². The highest BCUT2D eigenvalue weighted by atomic mass is 32.1. The third-order valence-electron chi connectivity index (χ3n) is 3.34. The Morgan fingerprint density at radius 3 is 2.95 bits per heavy atom. The number of amides is 2. The molecule has 0 aromatic carbocycles. The quantitative estimate of drug-likeness (QED) is 0.868. The predicted octanol–water partition coefficient (Wildman–Crippen LogP) is 0.692. The number of rotatable bonds is 5. The lowest BCUT2D eigenvalue weighted by molar-refractivity contribution is -0.128. The van der Waals surface area contributed by atoms with E-state index in [4.69, 9.17) is 4.74 Å². The second-order valence-electron chi connectivity index (χ2n) is 4.94. The third-order valence-corrected chi connectivity index (χ3v) is 4.47. The number of nitrogens with one attached hydrogen (secondary N) is 1. The first-order valence-electron chi connectivity index (χ1n) is 6.47. The van der Waals surface area contributed by atoms with Gasteiger partial charge < -0.3 is 15.0 Å². The second-order valence-corrected chi connectivity index (χ2v) is 6.11. The fourth-order valence-corrected chi connectivity index (χ4v) is 3.17. The van der Waals surface area contributed by atoms with Gasteiger partial charge in [0.15, 0.2) is 0 Å². The van der Waals surface area contributed by atoms with E-state index in [9.17, 15) is 9.59 Å². The largest absolute Gasteiger partial charge is 0.378 e. The van der Waals surface area contributed by atoms with Crippen LogP contribution in [0.1, 0.15) is 22.0 Å². The van der Waals surface area contributed by atoms with Gasteiger partial charge in [0, 0.05) is 32.0 Å². The summed E-state index contributed by atoms with van der Waals surface area (Å²) >= 11 is 1.54. The van der Waals surface area contributed by atoms with Crippen molar-refractivity contribution in [1.82, 2.24) is 15.2 Å². The monoisotopic (exact) mass is 297 g/mol. The van der Waals surface area contributed by atoms with E-state index in [-0.39, 0.29) is 17.7 Å². The van der Waals surface area contributed by atoms with Crippen LogP contribution in [0.5, 0.6) is 0 Å². The topological polar surface area (TPSA) is 71.5 Å². The average molecular weight is 297 g/mol. The van der Waals surface area contributed by atoms with Crippen LogP contribution in [0.4, 0.5) is 0 Å². The van der Waals surface area contributed by atoms with Gasteiger partial charge in [-0.2, -0.15) is 0 Å². The molecule has 2 heterocycles.